The highest BCUT2D eigenvalue weighted by Crippen LogP contribution is 2.37. The maximum absolute atomic E-state index is 9.03. The molecule has 6 heteroatoms. The highest BCUT2D eigenvalue weighted by Gasteiger charge is 2.39. The first-order valence-electron chi connectivity index (χ1n) is 9.17. The van der Waals surface area contributed by atoms with Crippen molar-refractivity contribution in [3.05, 3.63) is 42.2 Å². The predicted octanol–water partition coefficient (Wildman–Crippen LogP) is 2.52. The molecular formula is C20H24N6. The summed E-state index contributed by atoms with van der Waals surface area (Å²) in [4.78, 5) is 16.1. The second-order valence-electron chi connectivity index (χ2n) is 7.30. The summed E-state index contributed by atoms with van der Waals surface area (Å²) in [6.45, 7) is 3.07. The van der Waals surface area contributed by atoms with Gasteiger partial charge in [0.25, 0.3) is 0 Å². The van der Waals surface area contributed by atoms with Crippen molar-refractivity contribution in [3.8, 4) is 6.07 Å². The van der Waals surface area contributed by atoms with E-state index in [1.165, 1.54) is 18.5 Å². The van der Waals surface area contributed by atoms with Crippen molar-refractivity contribution in [3.63, 3.8) is 0 Å². The first-order chi connectivity index (χ1) is 12.7. The van der Waals surface area contributed by atoms with Gasteiger partial charge >= 0.3 is 0 Å². The third-order valence-corrected chi connectivity index (χ3v) is 5.57. The molecule has 0 radical (unpaired) electrons. The Bertz CT molecular complexity index is 810. The fraction of sp³-hybridized carbons (Fsp3) is 0.450. The van der Waals surface area contributed by atoms with Crippen LogP contribution in [-0.2, 0) is 0 Å². The summed E-state index contributed by atoms with van der Waals surface area (Å²) in [6, 6.07) is 10.7. The first kappa shape index (κ1) is 16.6. The van der Waals surface area contributed by atoms with Gasteiger partial charge in [0.2, 0.25) is 0 Å². The number of rotatable bonds is 3. The van der Waals surface area contributed by atoms with E-state index in [1.54, 1.807) is 12.4 Å². The summed E-state index contributed by atoms with van der Waals surface area (Å²) in [6.07, 6.45) is 5.95. The molecule has 0 spiro atoms. The fourth-order valence-corrected chi connectivity index (χ4v) is 4.24. The molecule has 0 N–H and O–H groups in total. The van der Waals surface area contributed by atoms with E-state index in [0.717, 1.165) is 37.2 Å². The molecule has 0 bridgehead atoms. The monoisotopic (exact) mass is 348 g/mol. The van der Waals surface area contributed by atoms with Crippen LogP contribution in [0.4, 0.5) is 17.3 Å². The largest absolute Gasteiger partial charge is 0.366 e. The molecule has 2 aliphatic rings. The van der Waals surface area contributed by atoms with Gasteiger partial charge in [0, 0.05) is 57.9 Å². The minimum absolute atomic E-state index is 0.480. The molecule has 0 aliphatic carbocycles. The number of nitriles is 1. The van der Waals surface area contributed by atoms with Crippen LogP contribution in [0.25, 0.3) is 0 Å². The van der Waals surface area contributed by atoms with E-state index >= 15 is 0 Å². The Morgan fingerprint density at radius 2 is 1.81 bits per heavy atom. The van der Waals surface area contributed by atoms with Crippen molar-refractivity contribution in [1.29, 1.82) is 5.26 Å². The molecule has 2 unspecified atom stereocenters. The van der Waals surface area contributed by atoms with Crippen molar-refractivity contribution < 1.29 is 0 Å². The molecule has 4 rings (SSSR count). The van der Waals surface area contributed by atoms with Crippen LogP contribution in [0.1, 0.15) is 18.4 Å². The highest BCUT2D eigenvalue weighted by atomic mass is 15.3. The molecule has 2 aliphatic heterocycles. The van der Waals surface area contributed by atoms with Gasteiger partial charge in [0.05, 0.1) is 11.6 Å². The third kappa shape index (κ3) is 2.94. The van der Waals surface area contributed by atoms with E-state index in [9.17, 15) is 0 Å². The van der Waals surface area contributed by atoms with Crippen LogP contribution >= 0.6 is 0 Å². The van der Waals surface area contributed by atoms with Crippen molar-refractivity contribution in [2.24, 2.45) is 5.92 Å². The topological polar surface area (TPSA) is 59.3 Å². The minimum atomic E-state index is 0.480. The summed E-state index contributed by atoms with van der Waals surface area (Å²) >= 11 is 0. The van der Waals surface area contributed by atoms with Crippen LogP contribution in [0.3, 0.4) is 0 Å². The Hall–Kier alpha value is -2.81. The zero-order valence-electron chi connectivity index (χ0n) is 15.3. The average Bonchev–Trinajstić information content (AvgIpc) is 3.11. The number of nitrogens with zero attached hydrogens (tertiary/aromatic N) is 6. The van der Waals surface area contributed by atoms with Crippen LogP contribution in [0.2, 0.25) is 0 Å². The minimum Gasteiger partial charge on any atom is -0.366 e. The molecule has 1 aromatic heterocycles. The van der Waals surface area contributed by atoms with Crippen LogP contribution < -0.4 is 14.7 Å². The molecular weight excluding hydrogens is 324 g/mol. The number of benzene rings is 1. The van der Waals surface area contributed by atoms with Gasteiger partial charge in [-0.05, 0) is 43.0 Å². The van der Waals surface area contributed by atoms with Crippen LogP contribution in [0.15, 0.2) is 36.7 Å². The maximum Gasteiger partial charge on any atom is 0.172 e. The smallest absolute Gasteiger partial charge is 0.172 e. The summed E-state index contributed by atoms with van der Waals surface area (Å²) in [7, 11) is 4.03. The Morgan fingerprint density at radius 1 is 1.08 bits per heavy atom. The van der Waals surface area contributed by atoms with Gasteiger partial charge in [0.1, 0.15) is 0 Å². The third-order valence-electron chi connectivity index (χ3n) is 5.57. The lowest BCUT2D eigenvalue weighted by Crippen LogP contribution is -2.49. The second-order valence-corrected chi connectivity index (χ2v) is 7.30. The maximum atomic E-state index is 9.03. The number of hydrogen-bond acceptors (Lipinski definition) is 6. The van der Waals surface area contributed by atoms with Gasteiger partial charge in [-0.3, -0.25) is 0 Å². The lowest BCUT2D eigenvalue weighted by molar-refractivity contribution is 0.389. The first-order valence-corrected chi connectivity index (χ1v) is 9.17. The van der Waals surface area contributed by atoms with Crippen LogP contribution in [0.5, 0.6) is 0 Å². The lowest BCUT2D eigenvalue weighted by Gasteiger charge is -2.40. The predicted molar refractivity (Wildman–Crippen MR) is 104 cm³/mol. The number of fused-ring (bicyclic) bond motifs is 1. The molecule has 2 aromatic rings. The van der Waals surface area contributed by atoms with E-state index in [2.05, 4.69) is 38.0 Å². The molecule has 26 heavy (non-hydrogen) atoms. The average molecular weight is 348 g/mol. The van der Waals surface area contributed by atoms with Crippen molar-refractivity contribution >= 4 is 17.3 Å². The van der Waals surface area contributed by atoms with E-state index < -0.39 is 0 Å². The quantitative estimate of drug-likeness (QED) is 0.849. The van der Waals surface area contributed by atoms with Crippen molar-refractivity contribution in [1.82, 2.24) is 9.97 Å². The molecule has 3 heterocycles. The van der Waals surface area contributed by atoms with Gasteiger partial charge in [0.15, 0.2) is 11.6 Å². The normalized spacial score (nSPS) is 22.0. The van der Waals surface area contributed by atoms with E-state index in [0.29, 0.717) is 11.6 Å². The zero-order chi connectivity index (χ0) is 18.1. The van der Waals surface area contributed by atoms with Crippen LogP contribution in [-0.4, -0.2) is 49.7 Å². The molecule has 2 atom stereocenters. The molecule has 2 fully saturated rings. The zero-order valence-corrected chi connectivity index (χ0v) is 15.3. The Labute approximate surface area is 154 Å². The van der Waals surface area contributed by atoms with Crippen molar-refractivity contribution in [2.45, 2.75) is 18.9 Å². The van der Waals surface area contributed by atoms with Crippen LogP contribution in [0, 0.1) is 17.2 Å². The molecule has 0 amide bonds. The standard InChI is InChI=1S/C20H24N6/c1-24(2)19-20(23-10-9-22-19)25-11-7-16-8-12-26(18(16)14-25)17-5-3-15(13-21)4-6-17/h3-6,9-10,16,18H,7-8,11-12,14H2,1-2H3. The summed E-state index contributed by atoms with van der Waals surface area (Å²) in [5, 5.41) is 9.03. The van der Waals surface area contributed by atoms with Gasteiger partial charge in [-0.1, -0.05) is 0 Å². The number of anilines is 3. The van der Waals surface area contributed by atoms with E-state index in [4.69, 9.17) is 5.26 Å². The number of hydrogen-bond donors (Lipinski definition) is 0. The van der Waals surface area contributed by atoms with Gasteiger partial charge in [-0.25, -0.2) is 9.97 Å². The molecule has 134 valence electrons. The Balaban J connectivity index is 1.58. The number of aromatic nitrogens is 2. The lowest BCUT2D eigenvalue weighted by atomic mass is 9.92. The molecule has 1 aromatic carbocycles. The molecule has 2 saturated heterocycles. The van der Waals surface area contributed by atoms with Crippen molar-refractivity contribution in [2.75, 3.05) is 48.4 Å². The fourth-order valence-electron chi connectivity index (χ4n) is 4.24. The molecule has 0 saturated carbocycles. The SMILES string of the molecule is CN(C)c1nccnc1N1CCC2CCN(c3ccc(C#N)cc3)C2C1. The number of piperidine rings is 1. The highest BCUT2D eigenvalue weighted by molar-refractivity contribution is 5.62. The van der Waals surface area contributed by atoms with Gasteiger partial charge < -0.3 is 14.7 Å². The van der Waals surface area contributed by atoms with Gasteiger partial charge in [-0.2, -0.15) is 5.26 Å². The Morgan fingerprint density at radius 3 is 2.54 bits per heavy atom. The molecule has 6 nitrogen and oxygen atoms in total. The van der Waals surface area contributed by atoms with E-state index in [1.807, 2.05) is 31.1 Å². The van der Waals surface area contributed by atoms with Gasteiger partial charge in [-0.15, -0.1) is 0 Å². The van der Waals surface area contributed by atoms with E-state index in [-0.39, 0.29) is 0 Å². The summed E-state index contributed by atoms with van der Waals surface area (Å²) < 4.78 is 0. The summed E-state index contributed by atoms with van der Waals surface area (Å²) in [5.74, 6) is 2.62. The Kier molecular flexibility index (Phi) is 4.37. The summed E-state index contributed by atoms with van der Waals surface area (Å²) in [5.41, 5.74) is 1.93. The second kappa shape index (κ2) is 6.83.